The van der Waals surface area contributed by atoms with Crippen molar-refractivity contribution in [3.8, 4) is 0 Å². The molecule has 0 radical (unpaired) electrons. The predicted molar refractivity (Wildman–Crippen MR) is 147 cm³/mol. The van der Waals surface area contributed by atoms with Crippen LogP contribution in [0.25, 0.3) is 5.57 Å². The van der Waals surface area contributed by atoms with E-state index in [0.717, 1.165) is 17.7 Å². The zero-order valence-corrected chi connectivity index (χ0v) is 22.0. The molecular weight excluding hydrogens is 517 g/mol. The summed E-state index contributed by atoms with van der Waals surface area (Å²) < 4.78 is 14.1. The number of Topliss-reactive ketones (excluding diaryl/α,β-unsaturated/α-hetero) is 1. The summed E-state index contributed by atoms with van der Waals surface area (Å²) in [5.74, 6) is -1.16. The number of nitrogens with one attached hydrogen (secondary N) is 1. The smallest absolute Gasteiger partial charge is 0.254 e. The van der Waals surface area contributed by atoms with Crippen LogP contribution in [0.15, 0.2) is 78.5 Å². The molecule has 6 rings (SSSR count). The van der Waals surface area contributed by atoms with Crippen LogP contribution in [0.2, 0.25) is 5.02 Å². The van der Waals surface area contributed by atoms with E-state index in [-0.39, 0.29) is 18.2 Å². The average molecular weight is 544 g/mol. The Bertz CT molecular complexity index is 1510. The Morgan fingerprint density at radius 2 is 1.82 bits per heavy atom. The molecule has 8 heteroatoms. The summed E-state index contributed by atoms with van der Waals surface area (Å²) in [6, 6.07) is 20.5. The van der Waals surface area contributed by atoms with E-state index in [4.69, 9.17) is 11.6 Å². The van der Waals surface area contributed by atoms with Gasteiger partial charge in [0.1, 0.15) is 11.6 Å². The van der Waals surface area contributed by atoms with E-state index in [1.807, 2.05) is 41.3 Å². The van der Waals surface area contributed by atoms with E-state index in [1.54, 1.807) is 29.2 Å². The van der Waals surface area contributed by atoms with E-state index in [0.29, 0.717) is 53.4 Å². The molecule has 3 aliphatic rings. The number of para-hydroxylation sites is 1. The van der Waals surface area contributed by atoms with Gasteiger partial charge in [0.2, 0.25) is 5.91 Å². The molecule has 198 valence electrons. The Morgan fingerprint density at radius 1 is 1.05 bits per heavy atom. The lowest BCUT2D eigenvalue weighted by Gasteiger charge is -2.37. The monoisotopic (exact) mass is 543 g/mol. The predicted octanol–water partition coefficient (Wildman–Crippen LogP) is 5.28. The number of ketones is 1. The number of halogens is 2. The normalized spacial score (nSPS) is 19.3. The van der Waals surface area contributed by atoms with Gasteiger partial charge in [0.15, 0.2) is 0 Å². The molecule has 3 aromatic carbocycles. The zero-order valence-electron chi connectivity index (χ0n) is 21.2. The Morgan fingerprint density at radius 3 is 2.51 bits per heavy atom. The second-order valence-electron chi connectivity index (χ2n) is 10.2. The minimum Gasteiger partial charge on any atom is -0.344 e. The molecule has 2 heterocycles. The lowest BCUT2D eigenvalue weighted by molar-refractivity contribution is -0.127. The zero-order chi connectivity index (χ0) is 27.1. The summed E-state index contributed by atoms with van der Waals surface area (Å²) in [4.78, 5) is 43.0. The van der Waals surface area contributed by atoms with Crippen molar-refractivity contribution in [1.29, 1.82) is 0 Å². The molecule has 3 aromatic rings. The highest BCUT2D eigenvalue weighted by molar-refractivity contribution is 6.32. The first-order chi connectivity index (χ1) is 18.9. The van der Waals surface area contributed by atoms with Gasteiger partial charge in [-0.3, -0.25) is 14.4 Å². The molecule has 6 nitrogen and oxygen atoms in total. The lowest BCUT2D eigenvalue weighted by atomic mass is 9.91. The number of fused-ring (bicyclic) bond motifs is 1. The third kappa shape index (κ3) is 4.94. The van der Waals surface area contributed by atoms with Crippen LogP contribution in [-0.4, -0.2) is 35.6 Å². The number of rotatable bonds is 7. The summed E-state index contributed by atoms with van der Waals surface area (Å²) >= 11 is 6.67. The van der Waals surface area contributed by atoms with Crippen molar-refractivity contribution in [1.82, 2.24) is 10.2 Å². The highest BCUT2D eigenvalue weighted by Crippen LogP contribution is 2.41. The summed E-state index contributed by atoms with van der Waals surface area (Å²) in [6.07, 6.45) is 1.58. The largest absolute Gasteiger partial charge is 0.344 e. The minimum atomic E-state index is -0.669. The number of likely N-dealkylation sites (tertiary alicyclic amines) is 1. The van der Waals surface area contributed by atoms with Gasteiger partial charge in [-0.1, -0.05) is 54.1 Å². The van der Waals surface area contributed by atoms with Gasteiger partial charge < -0.3 is 15.1 Å². The van der Waals surface area contributed by atoms with Gasteiger partial charge in [0.05, 0.1) is 30.4 Å². The Hall–Kier alpha value is -3.97. The van der Waals surface area contributed by atoms with Crippen LogP contribution in [0.5, 0.6) is 0 Å². The Balaban J connectivity index is 1.48. The van der Waals surface area contributed by atoms with Crippen LogP contribution < -0.4 is 10.2 Å². The first-order valence-corrected chi connectivity index (χ1v) is 13.5. The molecule has 1 saturated carbocycles. The molecule has 0 spiro atoms. The fourth-order valence-corrected chi connectivity index (χ4v) is 5.85. The van der Waals surface area contributed by atoms with Crippen molar-refractivity contribution in [3.05, 3.63) is 106 Å². The topological polar surface area (TPSA) is 69.7 Å². The first kappa shape index (κ1) is 25.3. The summed E-state index contributed by atoms with van der Waals surface area (Å²) in [5, 5.41) is 3.60. The van der Waals surface area contributed by atoms with Crippen molar-refractivity contribution >= 4 is 40.5 Å². The molecule has 2 amide bonds. The van der Waals surface area contributed by atoms with Crippen molar-refractivity contribution in [2.75, 3.05) is 18.0 Å². The molecule has 2 atom stereocenters. The summed E-state index contributed by atoms with van der Waals surface area (Å²) in [5.41, 5.74) is 3.98. The van der Waals surface area contributed by atoms with E-state index in [9.17, 15) is 18.8 Å². The van der Waals surface area contributed by atoms with Gasteiger partial charge in [-0.2, -0.15) is 0 Å². The molecule has 0 bridgehead atoms. The number of carbonyl (C=O) groups is 3. The van der Waals surface area contributed by atoms with E-state index in [1.165, 1.54) is 12.1 Å². The number of anilines is 1. The average Bonchev–Trinajstić information content (AvgIpc) is 3.52. The molecule has 1 unspecified atom stereocenters. The number of hydrogen-bond acceptors (Lipinski definition) is 4. The maximum atomic E-state index is 14.3. The number of benzene rings is 3. The van der Waals surface area contributed by atoms with Crippen LogP contribution in [0.4, 0.5) is 10.1 Å². The van der Waals surface area contributed by atoms with Crippen molar-refractivity contribution in [2.24, 2.45) is 5.92 Å². The highest BCUT2D eigenvalue weighted by Gasteiger charge is 2.44. The van der Waals surface area contributed by atoms with E-state index in [2.05, 4.69) is 5.32 Å². The quantitative estimate of drug-likeness (QED) is 0.440. The molecule has 1 aliphatic carbocycles. The van der Waals surface area contributed by atoms with Crippen molar-refractivity contribution < 1.29 is 18.8 Å². The van der Waals surface area contributed by atoms with E-state index >= 15 is 0 Å². The van der Waals surface area contributed by atoms with Crippen LogP contribution in [0, 0.1) is 11.7 Å². The summed E-state index contributed by atoms with van der Waals surface area (Å²) in [6.45, 7) is 1.31. The number of hydrogen-bond donors (Lipinski definition) is 1. The SMILES string of the molecule is O=C(N[C@H](c1cccc(F)c1)C1CC1=O)C1=C(CN2CCCC2=O)N(c2ccccc2)Cc2c(Cl)cccc21. The van der Waals surface area contributed by atoms with Gasteiger partial charge in [-0.25, -0.2) is 4.39 Å². The number of amides is 2. The fraction of sp³-hybridized carbons (Fsp3) is 0.258. The number of carbonyl (C=O) groups excluding carboxylic acids is 3. The number of nitrogens with zero attached hydrogens (tertiary/aromatic N) is 2. The van der Waals surface area contributed by atoms with Crippen LogP contribution >= 0.6 is 11.6 Å². The fourth-order valence-electron chi connectivity index (χ4n) is 5.61. The minimum absolute atomic E-state index is 0.0272. The van der Waals surface area contributed by atoms with Gasteiger partial charge in [-0.15, -0.1) is 0 Å². The molecule has 39 heavy (non-hydrogen) atoms. The van der Waals surface area contributed by atoms with Crippen LogP contribution in [0.1, 0.15) is 42.0 Å². The highest BCUT2D eigenvalue weighted by atomic mass is 35.5. The third-order valence-corrected chi connectivity index (χ3v) is 8.05. The lowest BCUT2D eigenvalue weighted by Crippen LogP contribution is -2.40. The second kappa shape index (κ2) is 10.3. The second-order valence-corrected chi connectivity index (χ2v) is 10.6. The molecule has 2 fully saturated rings. The van der Waals surface area contributed by atoms with Gasteiger partial charge in [0.25, 0.3) is 5.91 Å². The van der Waals surface area contributed by atoms with Crippen LogP contribution in [0.3, 0.4) is 0 Å². The van der Waals surface area contributed by atoms with Gasteiger partial charge >= 0.3 is 0 Å². The molecular formula is C31H27ClFN3O3. The van der Waals surface area contributed by atoms with E-state index < -0.39 is 23.7 Å². The molecule has 1 saturated heterocycles. The van der Waals surface area contributed by atoms with Crippen molar-refractivity contribution in [2.45, 2.75) is 31.8 Å². The summed E-state index contributed by atoms with van der Waals surface area (Å²) in [7, 11) is 0. The Labute approximate surface area is 231 Å². The molecule has 2 aliphatic heterocycles. The third-order valence-electron chi connectivity index (χ3n) is 7.70. The first-order valence-electron chi connectivity index (χ1n) is 13.1. The standard InChI is InChI=1S/C31H27ClFN3O3/c32-25-12-5-11-22-24(25)17-36(21-9-2-1-3-10-21)26(18-35-14-6-13-28(35)38)29(22)31(39)34-30(23-16-27(23)37)19-7-4-8-20(33)15-19/h1-5,7-12,15,23,30H,6,13-14,16-18H2,(H,34,39)/t23?,30-/m1/s1. The molecule has 1 N–H and O–H groups in total. The van der Waals surface area contributed by atoms with Crippen LogP contribution in [-0.2, 0) is 20.9 Å². The van der Waals surface area contributed by atoms with Gasteiger partial charge in [-0.05, 0) is 53.4 Å². The van der Waals surface area contributed by atoms with Gasteiger partial charge in [0, 0.05) is 36.0 Å². The molecule has 0 aromatic heterocycles. The maximum absolute atomic E-state index is 14.3. The maximum Gasteiger partial charge on any atom is 0.254 e. The Kier molecular flexibility index (Phi) is 6.69. The van der Waals surface area contributed by atoms with Crippen molar-refractivity contribution in [3.63, 3.8) is 0 Å².